The number of aliphatic hydroxyl groups is 1. The lowest BCUT2D eigenvalue weighted by atomic mass is 10.2. The molecule has 4 N–H and O–H groups in total. The summed E-state index contributed by atoms with van der Waals surface area (Å²) < 4.78 is 0. The fraction of sp³-hybridized carbons (Fsp3) is 0.600. The van der Waals surface area contributed by atoms with Crippen LogP contribution in [0.1, 0.15) is 10.4 Å². The van der Waals surface area contributed by atoms with Crippen LogP contribution in [-0.2, 0) is 6.42 Å². The van der Waals surface area contributed by atoms with E-state index >= 15 is 0 Å². The molecule has 14 heavy (non-hydrogen) atoms. The zero-order valence-electron chi connectivity index (χ0n) is 8.49. The zero-order valence-corrected chi connectivity index (χ0v) is 9.31. The lowest BCUT2D eigenvalue weighted by Gasteiger charge is -2.09. The van der Waals surface area contributed by atoms with Gasteiger partial charge < -0.3 is 16.2 Å². The molecule has 0 bridgehead atoms. The largest absolute Gasteiger partial charge is 0.395 e. The molecule has 0 aliphatic rings. The van der Waals surface area contributed by atoms with Crippen LogP contribution in [0.2, 0.25) is 0 Å². The minimum atomic E-state index is -0.139. The highest BCUT2D eigenvalue weighted by Gasteiger charge is 2.01. The van der Waals surface area contributed by atoms with Gasteiger partial charge in [0.2, 0.25) is 0 Å². The first kappa shape index (κ1) is 11.7. The molecule has 1 aromatic rings. The van der Waals surface area contributed by atoms with Crippen molar-refractivity contribution < 1.29 is 5.11 Å². The van der Waals surface area contributed by atoms with E-state index in [4.69, 9.17) is 10.8 Å². The molecule has 3 nitrogen and oxygen atoms in total. The van der Waals surface area contributed by atoms with Crippen molar-refractivity contribution in [3.05, 3.63) is 21.9 Å². The second-order valence-electron chi connectivity index (χ2n) is 3.42. The summed E-state index contributed by atoms with van der Waals surface area (Å²) in [6.45, 7) is 3.78. The highest BCUT2D eigenvalue weighted by molar-refractivity contribution is 7.10. The molecule has 0 saturated carbocycles. The first-order valence-corrected chi connectivity index (χ1v) is 5.72. The predicted molar refractivity (Wildman–Crippen MR) is 60.7 cm³/mol. The molecule has 80 valence electrons. The maximum Gasteiger partial charge on any atom is 0.0594 e. The molecule has 1 rings (SSSR count). The molecular formula is C10H18N2OS. The molecular weight excluding hydrogens is 196 g/mol. The van der Waals surface area contributed by atoms with E-state index in [1.807, 2.05) is 0 Å². The van der Waals surface area contributed by atoms with Gasteiger partial charge in [-0.05, 0) is 30.4 Å². The minimum absolute atomic E-state index is 0.0467. The molecule has 0 radical (unpaired) electrons. The number of hydrogen-bond donors (Lipinski definition) is 3. The number of aliphatic hydroxyl groups excluding tert-OH is 1. The van der Waals surface area contributed by atoms with Crippen molar-refractivity contribution in [1.82, 2.24) is 5.32 Å². The molecule has 0 aliphatic heterocycles. The average molecular weight is 214 g/mol. The Balaban J connectivity index is 2.13. The smallest absolute Gasteiger partial charge is 0.0594 e. The monoisotopic (exact) mass is 214 g/mol. The quantitative estimate of drug-likeness (QED) is 0.605. The van der Waals surface area contributed by atoms with Gasteiger partial charge in [0.15, 0.2) is 0 Å². The average Bonchev–Trinajstić information content (AvgIpc) is 2.58. The van der Waals surface area contributed by atoms with Gasteiger partial charge in [-0.2, -0.15) is 0 Å². The summed E-state index contributed by atoms with van der Waals surface area (Å²) in [7, 11) is 0. The van der Waals surface area contributed by atoms with Crippen molar-refractivity contribution in [2.75, 3.05) is 19.7 Å². The molecule has 1 heterocycles. The highest BCUT2D eigenvalue weighted by atomic mass is 32.1. The van der Waals surface area contributed by atoms with Crippen LogP contribution in [-0.4, -0.2) is 30.8 Å². The highest BCUT2D eigenvalue weighted by Crippen LogP contribution is 2.15. The summed E-state index contributed by atoms with van der Waals surface area (Å²) in [5, 5.41) is 14.0. The van der Waals surface area contributed by atoms with Crippen molar-refractivity contribution in [3.8, 4) is 0 Å². The molecule has 4 heteroatoms. The fourth-order valence-electron chi connectivity index (χ4n) is 1.21. The van der Waals surface area contributed by atoms with Gasteiger partial charge in [0.05, 0.1) is 6.61 Å². The number of hydrogen-bond acceptors (Lipinski definition) is 4. The Morgan fingerprint density at radius 2 is 2.43 bits per heavy atom. The SMILES string of the molecule is Cc1ccsc1CCNCC(N)CO. The van der Waals surface area contributed by atoms with Gasteiger partial charge in [0, 0.05) is 24.0 Å². The third kappa shape index (κ3) is 3.75. The Morgan fingerprint density at radius 1 is 1.64 bits per heavy atom. The maximum atomic E-state index is 8.70. The first-order valence-electron chi connectivity index (χ1n) is 4.84. The standard InChI is InChI=1S/C10H18N2OS/c1-8-3-5-14-10(8)2-4-12-6-9(11)7-13/h3,5,9,12-13H,2,4,6-7,11H2,1H3. The maximum absolute atomic E-state index is 8.70. The van der Waals surface area contributed by atoms with Gasteiger partial charge in [-0.15, -0.1) is 11.3 Å². The second-order valence-corrected chi connectivity index (χ2v) is 4.42. The van der Waals surface area contributed by atoms with Gasteiger partial charge in [-0.3, -0.25) is 0 Å². The lowest BCUT2D eigenvalue weighted by molar-refractivity contribution is 0.262. The molecule has 0 aliphatic carbocycles. The van der Waals surface area contributed by atoms with Crippen LogP contribution in [0.4, 0.5) is 0 Å². The van der Waals surface area contributed by atoms with E-state index in [0.717, 1.165) is 13.0 Å². The Labute approximate surface area is 88.9 Å². The Kier molecular flexibility index (Phi) is 5.11. The van der Waals surface area contributed by atoms with E-state index in [1.54, 1.807) is 11.3 Å². The fourth-order valence-corrected chi connectivity index (χ4v) is 2.12. The Bertz CT molecular complexity index is 262. The van der Waals surface area contributed by atoms with Crippen LogP contribution in [0, 0.1) is 6.92 Å². The van der Waals surface area contributed by atoms with Crippen molar-refractivity contribution in [2.45, 2.75) is 19.4 Å². The first-order chi connectivity index (χ1) is 6.74. The third-order valence-corrected chi connectivity index (χ3v) is 3.22. The summed E-state index contributed by atoms with van der Waals surface area (Å²) in [5.74, 6) is 0. The van der Waals surface area contributed by atoms with E-state index in [2.05, 4.69) is 23.7 Å². The molecule has 1 aromatic heterocycles. The van der Waals surface area contributed by atoms with Crippen LogP contribution in [0.25, 0.3) is 0 Å². The Morgan fingerprint density at radius 3 is 3.00 bits per heavy atom. The molecule has 1 atom stereocenters. The normalized spacial score (nSPS) is 13.1. The molecule has 1 unspecified atom stereocenters. The van der Waals surface area contributed by atoms with Crippen molar-refractivity contribution in [2.24, 2.45) is 5.73 Å². The van der Waals surface area contributed by atoms with Gasteiger partial charge in [0.25, 0.3) is 0 Å². The van der Waals surface area contributed by atoms with E-state index in [-0.39, 0.29) is 12.6 Å². The van der Waals surface area contributed by atoms with E-state index in [1.165, 1.54) is 10.4 Å². The summed E-state index contributed by atoms with van der Waals surface area (Å²) in [5.41, 5.74) is 6.92. The van der Waals surface area contributed by atoms with Gasteiger partial charge in [-0.25, -0.2) is 0 Å². The van der Waals surface area contributed by atoms with Gasteiger partial charge in [-0.1, -0.05) is 0 Å². The summed E-state index contributed by atoms with van der Waals surface area (Å²) in [6, 6.07) is 2.00. The molecule has 0 fully saturated rings. The predicted octanol–water partition coefficient (Wildman–Crippen LogP) is 0.508. The topological polar surface area (TPSA) is 58.3 Å². The summed E-state index contributed by atoms with van der Waals surface area (Å²) in [4.78, 5) is 1.43. The number of aryl methyl sites for hydroxylation is 1. The lowest BCUT2D eigenvalue weighted by Crippen LogP contribution is -2.37. The number of thiophene rings is 1. The minimum Gasteiger partial charge on any atom is -0.395 e. The van der Waals surface area contributed by atoms with Crippen LogP contribution < -0.4 is 11.1 Å². The van der Waals surface area contributed by atoms with Crippen LogP contribution in [0.15, 0.2) is 11.4 Å². The number of nitrogens with one attached hydrogen (secondary N) is 1. The van der Waals surface area contributed by atoms with E-state index < -0.39 is 0 Å². The van der Waals surface area contributed by atoms with Crippen LogP contribution >= 0.6 is 11.3 Å². The molecule has 0 saturated heterocycles. The third-order valence-electron chi connectivity index (χ3n) is 2.14. The van der Waals surface area contributed by atoms with Crippen LogP contribution in [0.5, 0.6) is 0 Å². The van der Waals surface area contributed by atoms with Crippen molar-refractivity contribution in [1.29, 1.82) is 0 Å². The zero-order chi connectivity index (χ0) is 10.4. The number of rotatable bonds is 6. The molecule has 0 aromatic carbocycles. The second kappa shape index (κ2) is 6.14. The van der Waals surface area contributed by atoms with E-state index in [0.29, 0.717) is 6.54 Å². The summed E-state index contributed by atoms with van der Waals surface area (Å²) in [6.07, 6.45) is 1.04. The van der Waals surface area contributed by atoms with Gasteiger partial charge in [0.1, 0.15) is 0 Å². The summed E-state index contributed by atoms with van der Waals surface area (Å²) >= 11 is 1.79. The number of nitrogens with two attached hydrogens (primary N) is 1. The Hall–Kier alpha value is -0.420. The van der Waals surface area contributed by atoms with Gasteiger partial charge >= 0.3 is 0 Å². The van der Waals surface area contributed by atoms with E-state index in [9.17, 15) is 0 Å². The molecule has 0 amide bonds. The molecule has 0 spiro atoms. The van der Waals surface area contributed by atoms with Crippen molar-refractivity contribution >= 4 is 11.3 Å². The van der Waals surface area contributed by atoms with Crippen molar-refractivity contribution in [3.63, 3.8) is 0 Å². The van der Waals surface area contributed by atoms with Crippen LogP contribution in [0.3, 0.4) is 0 Å².